The highest BCUT2D eigenvalue weighted by molar-refractivity contribution is 5.84. The number of piperazine rings is 1. The van der Waals surface area contributed by atoms with Gasteiger partial charge in [-0.25, -0.2) is 23.7 Å². The number of carbonyl (C=O) groups excluding carboxylic acids is 1. The molecule has 1 saturated heterocycles. The quantitative estimate of drug-likeness (QED) is 0.579. The fourth-order valence-electron chi connectivity index (χ4n) is 4.31. The molecule has 1 amide bonds. The summed E-state index contributed by atoms with van der Waals surface area (Å²) in [5.41, 5.74) is 1.67. The summed E-state index contributed by atoms with van der Waals surface area (Å²) in [6, 6.07) is 3.60. The van der Waals surface area contributed by atoms with Crippen LogP contribution in [0.4, 0.5) is 14.6 Å². The first-order chi connectivity index (χ1) is 15.7. The molecule has 3 heterocycles. The lowest BCUT2D eigenvalue weighted by atomic mass is 10.0. The molecule has 0 N–H and O–H groups in total. The van der Waals surface area contributed by atoms with Gasteiger partial charge in [-0.2, -0.15) is 0 Å². The second-order valence-electron chi connectivity index (χ2n) is 9.29. The molecule has 33 heavy (non-hydrogen) atoms. The number of fused-ring (bicyclic) bond motifs is 1. The van der Waals surface area contributed by atoms with Crippen molar-refractivity contribution in [2.24, 2.45) is 5.92 Å². The van der Waals surface area contributed by atoms with Crippen LogP contribution in [0.5, 0.6) is 0 Å². The number of aryl methyl sites for hydroxylation is 1. The van der Waals surface area contributed by atoms with Crippen molar-refractivity contribution in [1.29, 1.82) is 0 Å². The molecular formula is C24H30F2N6O. The number of hydrogen-bond acceptors (Lipinski definition) is 5. The predicted molar refractivity (Wildman–Crippen MR) is 123 cm³/mol. The van der Waals surface area contributed by atoms with Crippen LogP contribution in [0, 0.1) is 24.5 Å². The van der Waals surface area contributed by atoms with Gasteiger partial charge in [0.15, 0.2) is 11.6 Å². The molecule has 0 aliphatic carbocycles. The van der Waals surface area contributed by atoms with Gasteiger partial charge in [0, 0.05) is 56.0 Å². The number of carbonyl (C=O) groups is 1. The average Bonchev–Trinajstić information content (AvgIpc) is 3.15. The van der Waals surface area contributed by atoms with Crippen LogP contribution < -0.4 is 4.90 Å². The molecule has 1 aliphatic rings. The molecule has 0 spiro atoms. The van der Waals surface area contributed by atoms with Gasteiger partial charge in [0.25, 0.3) is 0 Å². The number of anilines is 1. The van der Waals surface area contributed by atoms with Crippen LogP contribution in [0.25, 0.3) is 11.0 Å². The maximum Gasteiger partial charge on any atom is 0.246 e. The molecule has 176 valence electrons. The number of imidazole rings is 1. The molecule has 1 aromatic carbocycles. The summed E-state index contributed by atoms with van der Waals surface area (Å²) in [7, 11) is 0. The van der Waals surface area contributed by atoms with Crippen LogP contribution in [-0.2, 0) is 4.79 Å². The second kappa shape index (κ2) is 9.03. The Morgan fingerprint density at radius 3 is 2.27 bits per heavy atom. The van der Waals surface area contributed by atoms with Crippen molar-refractivity contribution in [1.82, 2.24) is 24.4 Å². The summed E-state index contributed by atoms with van der Waals surface area (Å²) in [6.45, 7) is 12.4. The fraction of sp³-hybridized carbons (Fsp3) is 0.500. The largest absolute Gasteiger partial charge is 0.353 e. The van der Waals surface area contributed by atoms with Crippen molar-refractivity contribution in [2.75, 3.05) is 31.1 Å². The van der Waals surface area contributed by atoms with Crippen molar-refractivity contribution >= 4 is 22.8 Å². The van der Waals surface area contributed by atoms with Crippen LogP contribution >= 0.6 is 0 Å². The Hall–Kier alpha value is -3.10. The van der Waals surface area contributed by atoms with Crippen LogP contribution in [0.1, 0.15) is 51.2 Å². The number of nitrogens with zero attached hydrogens (tertiary/aromatic N) is 6. The molecule has 2 aromatic heterocycles. The van der Waals surface area contributed by atoms with E-state index in [0.29, 0.717) is 37.2 Å². The third-order valence-electron chi connectivity index (χ3n) is 6.09. The van der Waals surface area contributed by atoms with Crippen molar-refractivity contribution in [2.45, 2.75) is 46.6 Å². The molecule has 0 saturated carbocycles. The number of aromatic nitrogens is 4. The third kappa shape index (κ3) is 4.54. The van der Waals surface area contributed by atoms with Gasteiger partial charge in [-0.15, -0.1) is 0 Å². The molecule has 3 aromatic rings. The summed E-state index contributed by atoms with van der Waals surface area (Å²) in [6.07, 6.45) is 1.50. The minimum absolute atomic E-state index is 0.0459. The highest BCUT2D eigenvalue weighted by Crippen LogP contribution is 2.28. The number of rotatable bonds is 5. The SMILES string of the molecule is Cc1cc(N2CCN(C(=O)C(C(C)C)n3cnc4cc(F)c(F)cc43)CC2)nc(C(C)C)n1. The summed E-state index contributed by atoms with van der Waals surface area (Å²) in [5.74, 6) is -0.0577. The highest BCUT2D eigenvalue weighted by atomic mass is 19.2. The Labute approximate surface area is 192 Å². The zero-order valence-corrected chi connectivity index (χ0v) is 19.7. The normalized spacial score (nSPS) is 15.7. The van der Waals surface area contributed by atoms with E-state index >= 15 is 0 Å². The average molecular weight is 457 g/mol. The second-order valence-corrected chi connectivity index (χ2v) is 9.29. The first-order valence-corrected chi connectivity index (χ1v) is 11.4. The van der Waals surface area contributed by atoms with E-state index in [-0.39, 0.29) is 17.7 Å². The van der Waals surface area contributed by atoms with E-state index in [4.69, 9.17) is 4.98 Å². The molecule has 1 aliphatic heterocycles. The molecule has 7 nitrogen and oxygen atoms in total. The van der Waals surface area contributed by atoms with Gasteiger partial charge in [0.2, 0.25) is 5.91 Å². The van der Waals surface area contributed by atoms with Crippen LogP contribution in [0.15, 0.2) is 24.5 Å². The Morgan fingerprint density at radius 2 is 1.64 bits per heavy atom. The van der Waals surface area contributed by atoms with Crippen molar-refractivity contribution in [3.8, 4) is 0 Å². The van der Waals surface area contributed by atoms with E-state index < -0.39 is 17.7 Å². The molecular weight excluding hydrogens is 426 g/mol. The third-order valence-corrected chi connectivity index (χ3v) is 6.09. The van der Waals surface area contributed by atoms with Crippen molar-refractivity contribution < 1.29 is 13.6 Å². The van der Waals surface area contributed by atoms with E-state index in [2.05, 4.69) is 28.7 Å². The lowest BCUT2D eigenvalue weighted by Gasteiger charge is -2.38. The Kier molecular flexibility index (Phi) is 6.32. The lowest BCUT2D eigenvalue weighted by Crippen LogP contribution is -2.51. The van der Waals surface area contributed by atoms with Crippen molar-refractivity contribution in [3.63, 3.8) is 0 Å². The maximum atomic E-state index is 13.9. The minimum Gasteiger partial charge on any atom is -0.353 e. The van der Waals surface area contributed by atoms with E-state index in [0.717, 1.165) is 29.5 Å². The molecule has 0 bridgehead atoms. The standard InChI is InChI=1S/C24H30F2N6O/c1-14(2)22(32-13-27-19-11-17(25)18(26)12-20(19)32)24(33)31-8-6-30(7-9-31)21-10-16(5)28-23(29-21)15(3)4/h10-15,22H,6-9H2,1-5H3. The predicted octanol–water partition coefficient (Wildman–Crippen LogP) is 4.08. The summed E-state index contributed by atoms with van der Waals surface area (Å²) >= 11 is 0. The van der Waals surface area contributed by atoms with Gasteiger partial charge >= 0.3 is 0 Å². The summed E-state index contributed by atoms with van der Waals surface area (Å²) in [4.78, 5) is 31.0. The topological polar surface area (TPSA) is 67.2 Å². The zero-order valence-electron chi connectivity index (χ0n) is 19.7. The number of benzene rings is 1. The lowest BCUT2D eigenvalue weighted by molar-refractivity contribution is -0.136. The minimum atomic E-state index is -0.950. The highest BCUT2D eigenvalue weighted by Gasteiger charge is 2.32. The van der Waals surface area contributed by atoms with Gasteiger partial charge in [-0.05, 0) is 12.8 Å². The maximum absolute atomic E-state index is 13.9. The van der Waals surface area contributed by atoms with Gasteiger partial charge in [0.1, 0.15) is 17.7 Å². The Morgan fingerprint density at radius 1 is 0.970 bits per heavy atom. The fourth-order valence-corrected chi connectivity index (χ4v) is 4.31. The molecule has 1 fully saturated rings. The molecule has 1 unspecified atom stereocenters. The number of hydrogen-bond donors (Lipinski definition) is 0. The summed E-state index contributed by atoms with van der Waals surface area (Å²) < 4.78 is 29.2. The van der Waals surface area contributed by atoms with Gasteiger partial charge < -0.3 is 14.4 Å². The smallest absolute Gasteiger partial charge is 0.246 e. The van der Waals surface area contributed by atoms with E-state index in [1.807, 2.05) is 31.7 Å². The number of amides is 1. The molecule has 1 atom stereocenters. The van der Waals surface area contributed by atoms with Gasteiger partial charge in [0.05, 0.1) is 17.4 Å². The first-order valence-electron chi connectivity index (χ1n) is 11.4. The zero-order chi connectivity index (χ0) is 23.9. The van der Waals surface area contributed by atoms with E-state index in [1.54, 1.807) is 4.57 Å². The number of halogens is 2. The molecule has 9 heteroatoms. The first kappa shape index (κ1) is 23.1. The van der Waals surface area contributed by atoms with E-state index in [1.165, 1.54) is 6.33 Å². The van der Waals surface area contributed by atoms with Crippen LogP contribution in [0.3, 0.4) is 0 Å². The van der Waals surface area contributed by atoms with Gasteiger partial charge in [-0.1, -0.05) is 27.7 Å². The Balaban J connectivity index is 1.53. The van der Waals surface area contributed by atoms with Crippen LogP contribution in [-0.4, -0.2) is 56.5 Å². The molecule has 0 radical (unpaired) electrons. The molecule has 4 rings (SSSR count). The van der Waals surface area contributed by atoms with Crippen LogP contribution in [0.2, 0.25) is 0 Å². The van der Waals surface area contributed by atoms with E-state index in [9.17, 15) is 13.6 Å². The summed E-state index contributed by atoms with van der Waals surface area (Å²) in [5, 5.41) is 0. The Bertz CT molecular complexity index is 1170. The van der Waals surface area contributed by atoms with Crippen molar-refractivity contribution in [3.05, 3.63) is 47.7 Å². The van der Waals surface area contributed by atoms with Gasteiger partial charge in [-0.3, -0.25) is 4.79 Å². The monoisotopic (exact) mass is 456 g/mol.